The van der Waals surface area contributed by atoms with Crippen LogP contribution < -0.4 is 10.3 Å². The number of benzene rings is 2. The fourth-order valence-corrected chi connectivity index (χ4v) is 2.95. The normalized spacial score (nSPS) is 11.5. The zero-order valence-electron chi connectivity index (χ0n) is 10.9. The summed E-state index contributed by atoms with van der Waals surface area (Å²) in [5.41, 5.74) is 1.25. The SMILES string of the molecule is NN(c1cnc2ccccc2n1)S(=O)(=O)c1ccccc1. The highest BCUT2D eigenvalue weighted by molar-refractivity contribution is 7.92. The molecule has 0 aliphatic heterocycles. The third-order valence-corrected chi connectivity index (χ3v) is 4.53. The second-order valence-corrected chi connectivity index (χ2v) is 6.15. The summed E-state index contributed by atoms with van der Waals surface area (Å²) in [6.07, 6.45) is 1.34. The molecule has 0 saturated heterocycles. The van der Waals surface area contributed by atoms with Crippen LogP contribution in [0.4, 0.5) is 5.82 Å². The molecule has 3 aromatic rings. The fraction of sp³-hybridized carbons (Fsp3) is 0. The van der Waals surface area contributed by atoms with Gasteiger partial charge in [0.1, 0.15) is 0 Å². The lowest BCUT2D eigenvalue weighted by Gasteiger charge is -2.17. The molecule has 7 heteroatoms. The number of sulfonamides is 1. The minimum atomic E-state index is -3.85. The summed E-state index contributed by atoms with van der Waals surface area (Å²) in [6, 6.07) is 15.1. The molecule has 0 atom stereocenters. The lowest BCUT2D eigenvalue weighted by molar-refractivity contribution is 0.591. The number of fused-ring (bicyclic) bond motifs is 1. The Bertz CT molecular complexity index is 882. The summed E-state index contributed by atoms with van der Waals surface area (Å²) < 4.78 is 25.4. The van der Waals surface area contributed by atoms with E-state index in [0.717, 1.165) is 0 Å². The first kappa shape index (κ1) is 13.5. The zero-order chi connectivity index (χ0) is 14.9. The number of nitrogens with two attached hydrogens (primary N) is 1. The highest BCUT2D eigenvalue weighted by Crippen LogP contribution is 2.19. The molecule has 106 valence electrons. The second kappa shape index (κ2) is 5.12. The molecule has 3 rings (SSSR count). The van der Waals surface area contributed by atoms with Crippen LogP contribution in [0.25, 0.3) is 11.0 Å². The minimum absolute atomic E-state index is 0.0672. The quantitative estimate of drug-likeness (QED) is 0.587. The number of anilines is 1. The Hall–Kier alpha value is -2.51. The van der Waals surface area contributed by atoms with E-state index in [1.54, 1.807) is 36.4 Å². The topological polar surface area (TPSA) is 89.2 Å². The molecule has 1 aromatic heterocycles. The van der Waals surface area contributed by atoms with Crippen molar-refractivity contribution in [2.24, 2.45) is 5.84 Å². The Morgan fingerprint density at radius 1 is 0.905 bits per heavy atom. The van der Waals surface area contributed by atoms with Gasteiger partial charge in [0.15, 0.2) is 5.82 Å². The van der Waals surface area contributed by atoms with Gasteiger partial charge in [-0.1, -0.05) is 30.3 Å². The second-order valence-electron chi connectivity index (χ2n) is 4.33. The lowest BCUT2D eigenvalue weighted by Crippen LogP contribution is -2.38. The molecule has 0 aliphatic rings. The van der Waals surface area contributed by atoms with Gasteiger partial charge in [-0.15, -0.1) is 0 Å². The Labute approximate surface area is 121 Å². The van der Waals surface area contributed by atoms with Crippen LogP contribution in [0.1, 0.15) is 0 Å². The third-order valence-electron chi connectivity index (χ3n) is 2.96. The Morgan fingerprint density at radius 3 is 2.24 bits per heavy atom. The average molecular weight is 300 g/mol. The van der Waals surface area contributed by atoms with Crippen molar-refractivity contribution >= 4 is 26.9 Å². The molecule has 2 N–H and O–H groups in total. The molecular formula is C14H12N4O2S. The lowest BCUT2D eigenvalue weighted by atomic mass is 10.3. The molecule has 0 amide bonds. The van der Waals surface area contributed by atoms with Crippen LogP contribution >= 0.6 is 0 Å². The smallest absolute Gasteiger partial charge is 0.251 e. The molecule has 0 unspecified atom stereocenters. The average Bonchev–Trinajstić information content (AvgIpc) is 2.54. The van der Waals surface area contributed by atoms with Crippen LogP contribution in [-0.4, -0.2) is 18.4 Å². The van der Waals surface area contributed by atoms with Gasteiger partial charge in [0.25, 0.3) is 10.0 Å². The number of hydrogen-bond acceptors (Lipinski definition) is 5. The van der Waals surface area contributed by atoms with Gasteiger partial charge in [-0.2, -0.15) is 12.8 Å². The molecule has 21 heavy (non-hydrogen) atoms. The predicted octanol–water partition coefficient (Wildman–Crippen LogP) is 1.70. The fourth-order valence-electron chi connectivity index (χ4n) is 1.88. The van der Waals surface area contributed by atoms with Crippen LogP contribution in [0.2, 0.25) is 0 Å². The van der Waals surface area contributed by atoms with Gasteiger partial charge in [0, 0.05) is 0 Å². The maximum Gasteiger partial charge on any atom is 0.279 e. The molecule has 0 fully saturated rings. The van der Waals surface area contributed by atoms with Crippen molar-refractivity contribution < 1.29 is 8.42 Å². The number of aromatic nitrogens is 2. The van der Waals surface area contributed by atoms with Crippen LogP contribution in [0.3, 0.4) is 0 Å². The van der Waals surface area contributed by atoms with Crippen LogP contribution in [-0.2, 0) is 10.0 Å². The van der Waals surface area contributed by atoms with Gasteiger partial charge in [0.05, 0.1) is 22.1 Å². The molecule has 0 bridgehead atoms. The summed E-state index contributed by atoms with van der Waals surface area (Å²) in [5, 5.41) is 0. The highest BCUT2D eigenvalue weighted by atomic mass is 32.2. The van der Waals surface area contributed by atoms with E-state index >= 15 is 0 Å². The molecule has 0 saturated carbocycles. The first-order valence-corrected chi connectivity index (χ1v) is 7.60. The molecule has 0 radical (unpaired) electrons. The molecule has 0 aliphatic carbocycles. The van der Waals surface area contributed by atoms with Gasteiger partial charge < -0.3 is 0 Å². The van der Waals surface area contributed by atoms with Crippen molar-refractivity contribution in [3.63, 3.8) is 0 Å². The number of rotatable bonds is 3. The molecular weight excluding hydrogens is 288 g/mol. The van der Waals surface area contributed by atoms with Gasteiger partial charge >= 0.3 is 0 Å². The van der Waals surface area contributed by atoms with E-state index in [9.17, 15) is 8.42 Å². The predicted molar refractivity (Wildman–Crippen MR) is 79.8 cm³/mol. The number of nitrogens with zero attached hydrogens (tertiary/aromatic N) is 3. The van der Waals surface area contributed by atoms with E-state index in [1.165, 1.54) is 18.3 Å². The molecule has 1 heterocycles. The standard InChI is InChI=1S/C14H12N4O2S/c15-18(21(19,20)11-6-2-1-3-7-11)14-10-16-12-8-4-5-9-13(12)17-14/h1-10H,15H2. The van der Waals surface area contributed by atoms with Crippen molar-refractivity contribution in [1.29, 1.82) is 0 Å². The van der Waals surface area contributed by atoms with E-state index in [-0.39, 0.29) is 10.7 Å². The Kier molecular flexibility index (Phi) is 3.28. The third kappa shape index (κ3) is 2.44. The van der Waals surface area contributed by atoms with Crippen molar-refractivity contribution in [3.05, 3.63) is 60.8 Å². The summed E-state index contributed by atoms with van der Waals surface area (Å²) in [5.74, 6) is 5.81. The molecule has 2 aromatic carbocycles. The van der Waals surface area contributed by atoms with Gasteiger partial charge in [-0.05, 0) is 24.3 Å². The van der Waals surface area contributed by atoms with Crippen LogP contribution in [0.5, 0.6) is 0 Å². The van der Waals surface area contributed by atoms with Crippen molar-refractivity contribution in [2.75, 3.05) is 4.41 Å². The van der Waals surface area contributed by atoms with Crippen molar-refractivity contribution in [1.82, 2.24) is 9.97 Å². The first-order valence-electron chi connectivity index (χ1n) is 6.16. The summed E-state index contributed by atoms with van der Waals surface area (Å²) in [4.78, 5) is 8.49. The summed E-state index contributed by atoms with van der Waals surface area (Å²) >= 11 is 0. The number of para-hydroxylation sites is 2. The largest absolute Gasteiger partial charge is 0.279 e. The maximum absolute atomic E-state index is 12.4. The monoisotopic (exact) mass is 300 g/mol. The van der Waals surface area contributed by atoms with Crippen LogP contribution in [0.15, 0.2) is 65.7 Å². The van der Waals surface area contributed by atoms with Gasteiger partial charge in [0.2, 0.25) is 0 Å². The van der Waals surface area contributed by atoms with Gasteiger partial charge in [-0.3, -0.25) is 4.98 Å². The van der Waals surface area contributed by atoms with E-state index in [4.69, 9.17) is 5.84 Å². The zero-order valence-corrected chi connectivity index (χ0v) is 11.7. The Morgan fingerprint density at radius 2 is 1.52 bits per heavy atom. The van der Waals surface area contributed by atoms with Gasteiger partial charge in [-0.25, -0.2) is 10.8 Å². The summed E-state index contributed by atoms with van der Waals surface area (Å²) in [6.45, 7) is 0. The van der Waals surface area contributed by atoms with E-state index in [2.05, 4.69) is 9.97 Å². The first-order chi connectivity index (χ1) is 10.1. The summed E-state index contributed by atoms with van der Waals surface area (Å²) in [7, 11) is -3.85. The maximum atomic E-state index is 12.4. The van der Waals surface area contributed by atoms with E-state index < -0.39 is 10.0 Å². The van der Waals surface area contributed by atoms with Crippen molar-refractivity contribution in [3.8, 4) is 0 Å². The molecule has 6 nitrogen and oxygen atoms in total. The number of hydrazine groups is 1. The minimum Gasteiger partial charge on any atom is -0.251 e. The van der Waals surface area contributed by atoms with Crippen molar-refractivity contribution in [2.45, 2.75) is 4.90 Å². The van der Waals surface area contributed by atoms with E-state index in [0.29, 0.717) is 15.4 Å². The van der Waals surface area contributed by atoms with Crippen LogP contribution in [0, 0.1) is 0 Å². The van der Waals surface area contributed by atoms with E-state index in [1.807, 2.05) is 6.07 Å². The Balaban J connectivity index is 2.06. The molecule has 0 spiro atoms. The number of hydrogen-bond donors (Lipinski definition) is 1. The highest BCUT2D eigenvalue weighted by Gasteiger charge is 2.23.